The van der Waals surface area contributed by atoms with Crippen LogP contribution < -0.4 is 10.6 Å². The van der Waals surface area contributed by atoms with Crippen molar-refractivity contribution in [2.45, 2.75) is 62.8 Å². The summed E-state index contributed by atoms with van der Waals surface area (Å²) < 4.78 is 39.6. The van der Waals surface area contributed by atoms with E-state index in [2.05, 4.69) is 15.7 Å². The second-order valence-electron chi connectivity index (χ2n) is 9.75. The van der Waals surface area contributed by atoms with Crippen LogP contribution in [0.25, 0.3) is 0 Å². The molecule has 36 heavy (non-hydrogen) atoms. The molecule has 3 fully saturated rings. The third-order valence-electron chi connectivity index (χ3n) is 6.84. The fourth-order valence-corrected chi connectivity index (χ4v) is 4.77. The highest BCUT2D eigenvalue weighted by Crippen LogP contribution is 2.42. The Morgan fingerprint density at radius 2 is 1.81 bits per heavy atom. The Morgan fingerprint density at radius 3 is 2.47 bits per heavy atom. The van der Waals surface area contributed by atoms with Crippen molar-refractivity contribution in [2.75, 3.05) is 25.0 Å². The maximum atomic E-state index is 12.7. The van der Waals surface area contributed by atoms with E-state index in [1.165, 1.54) is 17.7 Å². The van der Waals surface area contributed by atoms with Gasteiger partial charge in [0.05, 0.1) is 18.4 Å². The first-order chi connectivity index (χ1) is 15.8. The highest BCUT2D eigenvalue weighted by molar-refractivity contribution is 6.04. The van der Waals surface area contributed by atoms with Crippen molar-refractivity contribution in [3.05, 3.63) is 47.8 Å². The second kappa shape index (κ2) is 12.8. The number of nitrogens with one attached hydrogen (secondary N) is 2. The molecule has 5 rings (SSSR count). The van der Waals surface area contributed by atoms with Crippen molar-refractivity contribution in [3.8, 4) is 0 Å². The maximum absolute atomic E-state index is 12.7. The molecule has 2 aliphatic carbocycles. The van der Waals surface area contributed by atoms with Crippen molar-refractivity contribution in [1.82, 2.24) is 20.0 Å². The first-order valence-corrected chi connectivity index (χ1v) is 11.8. The normalized spacial score (nSPS) is 22.1. The lowest BCUT2D eigenvalue weighted by Gasteiger charge is -2.33. The highest BCUT2D eigenvalue weighted by Gasteiger charge is 2.40. The molecule has 2 atom stereocenters. The third-order valence-corrected chi connectivity index (χ3v) is 6.84. The van der Waals surface area contributed by atoms with Crippen LogP contribution in [-0.2, 0) is 6.54 Å². The molecule has 12 heteroatoms. The topological polar surface area (TPSA) is 62.2 Å². The lowest BCUT2D eigenvalue weighted by Crippen LogP contribution is -2.46. The number of carbonyl (C=O) groups excluding carboxylic acids is 1. The number of benzene rings is 1. The summed E-state index contributed by atoms with van der Waals surface area (Å²) >= 11 is 0. The van der Waals surface area contributed by atoms with E-state index in [-0.39, 0.29) is 49.2 Å². The molecule has 1 aromatic heterocycles. The number of hydrogen-bond donors (Lipinski definition) is 2. The summed E-state index contributed by atoms with van der Waals surface area (Å²) in [7, 11) is 0. The average molecular weight is 571 g/mol. The predicted molar refractivity (Wildman–Crippen MR) is 141 cm³/mol. The van der Waals surface area contributed by atoms with Gasteiger partial charge >= 0.3 is 6.18 Å². The molecule has 0 unspecified atom stereocenters. The van der Waals surface area contributed by atoms with Gasteiger partial charge in [0, 0.05) is 36.3 Å². The van der Waals surface area contributed by atoms with Crippen LogP contribution in [0.3, 0.4) is 0 Å². The van der Waals surface area contributed by atoms with Gasteiger partial charge < -0.3 is 10.6 Å². The number of piperidine rings is 1. The van der Waals surface area contributed by atoms with Crippen LogP contribution in [0.5, 0.6) is 0 Å². The number of anilines is 1. The summed E-state index contributed by atoms with van der Waals surface area (Å²) in [6, 6.07) is 8.29. The molecule has 6 nitrogen and oxygen atoms in total. The fourth-order valence-electron chi connectivity index (χ4n) is 4.77. The van der Waals surface area contributed by atoms with Crippen LogP contribution in [0.2, 0.25) is 0 Å². The van der Waals surface area contributed by atoms with Crippen LogP contribution in [0.15, 0.2) is 36.7 Å². The zero-order chi connectivity index (χ0) is 23.0. The minimum absolute atomic E-state index is 0. The molecule has 2 aromatic rings. The number of aromatic nitrogens is 2. The van der Waals surface area contributed by atoms with Crippen molar-refractivity contribution in [2.24, 2.45) is 5.92 Å². The van der Waals surface area contributed by atoms with Crippen LogP contribution in [0, 0.1) is 5.92 Å². The van der Waals surface area contributed by atoms with Gasteiger partial charge in [0.2, 0.25) is 0 Å². The molecule has 2 heterocycles. The largest absolute Gasteiger partial charge is 0.401 e. The van der Waals surface area contributed by atoms with Gasteiger partial charge in [-0.25, -0.2) is 0 Å². The molecule has 0 radical (unpaired) electrons. The van der Waals surface area contributed by atoms with Crippen molar-refractivity contribution < 1.29 is 18.0 Å². The number of amides is 1. The standard InChI is InChI=1S/C24H30F3N5O.3ClH/c25-24(26,27)15-31-8-6-19(7-9-31)29-22-11-21(22)17-2-1-3-18(10-17)23(33)30-20-12-28-32(14-20)13-16-4-5-16;;;/h1-3,10,12,14,16,19,21-22,29H,4-9,11,13,15H2,(H,30,33);3*1H/t21-,22+;;;/m0.../s1. The molecule has 2 N–H and O–H groups in total. The van der Waals surface area contributed by atoms with Crippen molar-refractivity contribution >= 4 is 48.8 Å². The molecule has 3 aliphatic rings. The first-order valence-electron chi connectivity index (χ1n) is 11.8. The van der Waals surface area contributed by atoms with Gasteiger partial charge in [-0.2, -0.15) is 18.3 Å². The van der Waals surface area contributed by atoms with E-state index in [4.69, 9.17) is 0 Å². The van der Waals surface area contributed by atoms with E-state index in [0.29, 0.717) is 36.3 Å². The number of halogens is 6. The monoisotopic (exact) mass is 569 g/mol. The van der Waals surface area contributed by atoms with Gasteiger partial charge in [-0.05, 0) is 68.8 Å². The van der Waals surface area contributed by atoms with Crippen molar-refractivity contribution in [3.63, 3.8) is 0 Å². The Labute approximate surface area is 228 Å². The lowest BCUT2D eigenvalue weighted by atomic mass is 10.0. The molecule has 2 saturated carbocycles. The van der Waals surface area contributed by atoms with Gasteiger partial charge in [-0.15, -0.1) is 37.2 Å². The predicted octanol–water partition coefficient (Wildman–Crippen LogP) is 5.28. The SMILES string of the molecule is Cl.Cl.Cl.O=C(Nc1cnn(CC2CC2)c1)c1cccc([C@@H]2C[C@H]2NC2CCN(CC(F)(F)F)CC2)c1. The fraction of sp³-hybridized carbons (Fsp3) is 0.583. The van der Waals surface area contributed by atoms with Gasteiger partial charge in [-0.1, -0.05) is 12.1 Å². The quantitative estimate of drug-likeness (QED) is 0.453. The Hall–Kier alpha value is -1.52. The Kier molecular flexibility index (Phi) is 10.9. The minimum Gasteiger partial charge on any atom is -0.319 e. The van der Waals surface area contributed by atoms with Gasteiger partial charge in [0.25, 0.3) is 5.91 Å². The van der Waals surface area contributed by atoms with E-state index in [1.807, 2.05) is 35.1 Å². The molecular weight excluding hydrogens is 538 g/mol. The Morgan fingerprint density at radius 1 is 1.08 bits per heavy atom. The van der Waals surface area contributed by atoms with E-state index in [0.717, 1.165) is 37.3 Å². The molecule has 1 aliphatic heterocycles. The number of carbonyl (C=O) groups is 1. The molecule has 0 bridgehead atoms. The summed E-state index contributed by atoms with van der Waals surface area (Å²) in [5, 5.41) is 10.9. The number of rotatable bonds is 8. The second-order valence-corrected chi connectivity index (χ2v) is 9.75. The molecule has 1 saturated heterocycles. The first kappa shape index (κ1) is 30.7. The molecule has 1 aromatic carbocycles. The van der Waals surface area contributed by atoms with Crippen LogP contribution >= 0.6 is 37.2 Å². The van der Waals surface area contributed by atoms with Gasteiger partial charge in [0.1, 0.15) is 0 Å². The maximum Gasteiger partial charge on any atom is 0.401 e. The van der Waals surface area contributed by atoms with Gasteiger partial charge in [0.15, 0.2) is 0 Å². The van der Waals surface area contributed by atoms with E-state index < -0.39 is 12.7 Å². The highest BCUT2D eigenvalue weighted by atomic mass is 35.5. The molecule has 0 spiro atoms. The number of alkyl halides is 3. The third kappa shape index (κ3) is 8.52. The van der Waals surface area contributed by atoms with Crippen LogP contribution in [-0.4, -0.2) is 58.5 Å². The Balaban J connectivity index is 0.00000152. The number of nitrogens with zero attached hydrogens (tertiary/aromatic N) is 3. The smallest absolute Gasteiger partial charge is 0.319 e. The Bertz CT molecular complexity index is 993. The molecule has 202 valence electrons. The number of hydrogen-bond acceptors (Lipinski definition) is 4. The summed E-state index contributed by atoms with van der Waals surface area (Å²) in [6.07, 6.45) is 4.39. The number of likely N-dealkylation sites (tertiary alicyclic amines) is 1. The van der Waals surface area contributed by atoms with E-state index >= 15 is 0 Å². The lowest BCUT2D eigenvalue weighted by molar-refractivity contribution is -0.148. The summed E-state index contributed by atoms with van der Waals surface area (Å²) in [4.78, 5) is 14.2. The minimum atomic E-state index is -4.13. The summed E-state index contributed by atoms with van der Waals surface area (Å²) in [6.45, 7) is 1.04. The van der Waals surface area contributed by atoms with E-state index in [9.17, 15) is 18.0 Å². The van der Waals surface area contributed by atoms with Crippen molar-refractivity contribution in [1.29, 1.82) is 0 Å². The van der Waals surface area contributed by atoms with Crippen LogP contribution in [0.1, 0.15) is 53.9 Å². The zero-order valence-corrected chi connectivity index (χ0v) is 22.2. The summed E-state index contributed by atoms with van der Waals surface area (Å²) in [5.74, 6) is 0.912. The summed E-state index contributed by atoms with van der Waals surface area (Å²) in [5.41, 5.74) is 2.45. The van der Waals surface area contributed by atoms with E-state index in [1.54, 1.807) is 6.20 Å². The van der Waals surface area contributed by atoms with Crippen LogP contribution in [0.4, 0.5) is 18.9 Å². The molecule has 1 amide bonds. The zero-order valence-electron chi connectivity index (χ0n) is 19.7. The van der Waals surface area contributed by atoms with Gasteiger partial charge in [-0.3, -0.25) is 14.4 Å². The average Bonchev–Trinajstić information content (AvgIpc) is 3.68. The molecular formula is C24H33Cl3F3N5O.